The number of hydrogen-bond donors (Lipinski definition) is 1. The van der Waals surface area contributed by atoms with Gasteiger partial charge in [0.05, 0.1) is 25.0 Å². The normalized spacial score (nSPS) is 11.8. The van der Waals surface area contributed by atoms with Gasteiger partial charge in [0, 0.05) is 12.8 Å². The molecule has 6 heteroatoms. The van der Waals surface area contributed by atoms with Gasteiger partial charge in [0.25, 0.3) is 0 Å². The Bertz CT molecular complexity index is 1040. The summed E-state index contributed by atoms with van der Waals surface area (Å²) in [6, 6.07) is 25.9. The molecule has 3 rings (SSSR count). The molecule has 0 radical (unpaired) electrons. The van der Waals surface area contributed by atoms with Crippen molar-refractivity contribution in [3.05, 3.63) is 95.6 Å². The fourth-order valence-corrected chi connectivity index (χ4v) is 4.26. The molecule has 164 valence electrons. The third kappa shape index (κ3) is 5.27. The molecule has 5 nitrogen and oxygen atoms in total. The molecule has 0 aliphatic carbocycles. The third-order valence-electron chi connectivity index (χ3n) is 5.17. The number of hydrogen-bond acceptors (Lipinski definition) is 5. The fourth-order valence-electron chi connectivity index (χ4n) is 3.78. The van der Waals surface area contributed by atoms with Crippen LogP contribution in [-0.2, 0) is 15.4 Å². The molecule has 0 bridgehead atoms. The van der Waals surface area contributed by atoms with Gasteiger partial charge < -0.3 is 9.47 Å². The van der Waals surface area contributed by atoms with E-state index in [-0.39, 0.29) is 5.75 Å². The van der Waals surface area contributed by atoms with Gasteiger partial charge in [0.2, 0.25) is 0 Å². The average Bonchev–Trinajstić information content (AvgIpc) is 2.77. The topological polar surface area (TPSA) is 64.6 Å². The predicted octanol–water partition coefficient (Wildman–Crippen LogP) is 4.02. The van der Waals surface area contributed by atoms with Crippen LogP contribution in [0.2, 0.25) is 0 Å². The van der Waals surface area contributed by atoms with Gasteiger partial charge in [-0.2, -0.15) is 0 Å². The molecule has 0 saturated heterocycles. The third-order valence-corrected chi connectivity index (χ3v) is 6.12. The van der Waals surface area contributed by atoms with E-state index in [1.807, 2.05) is 85.8 Å². The van der Waals surface area contributed by atoms with Crippen LogP contribution >= 0.6 is 0 Å². The zero-order valence-electron chi connectivity index (χ0n) is 18.2. The number of rotatable bonds is 10. The van der Waals surface area contributed by atoms with Crippen molar-refractivity contribution in [3.8, 4) is 11.5 Å². The minimum Gasteiger partial charge on any atom is -0.493 e. The quantitative estimate of drug-likeness (QED) is 0.484. The number of sulfone groups is 1. The Morgan fingerprint density at radius 3 is 1.90 bits per heavy atom. The van der Waals surface area contributed by atoms with Crippen LogP contribution in [0.4, 0.5) is 0 Å². The smallest absolute Gasteiger partial charge is 0.161 e. The summed E-state index contributed by atoms with van der Waals surface area (Å²) in [5.74, 6) is 1.32. The zero-order valence-corrected chi connectivity index (χ0v) is 19.0. The molecular formula is C25H29NO4S. The van der Waals surface area contributed by atoms with Crippen LogP contribution in [0.3, 0.4) is 0 Å². The SMILES string of the molecule is CCOc1cc(C(NCCS(C)(=O)=O)(c2ccccc2)c2ccccc2)ccc1OC. The van der Waals surface area contributed by atoms with Crippen molar-refractivity contribution in [2.24, 2.45) is 0 Å². The maximum atomic E-state index is 11.9. The van der Waals surface area contributed by atoms with Gasteiger partial charge in [-0.3, -0.25) is 5.32 Å². The van der Waals surface area contributed by atoms with Gasteiger partial charge in [-0.15, -0.1) is 0 Å². The second-order valence-electron chi connectivity index (χ2n) is 7.34. The standard InChI is InChI=1S/C25H29NO4S/c1-4-30-24-19-22(15-16-23(24)29-2)25(20-11-7-5-8-12-20,21-13-9-6-10-14-21)26-17-18-31(3,27)28/h5-16,19,26H,4,17-18H2,1-3H3. The molecule has 0 unspecified atom stereocenters. The van der Waals surface area contributed by atoms with E-state index in [0.717, 1.165) is 16.7 Å². The van der Waals surface area contributed by atoms with Gasteiger partial charge in [0.1, 0.15) is 9.84 Å². The van der Waals surface area contributed by atoms with Crippen LogP contribution in [0, 0.1) is 0 Å². The van der Waals surface area contributed by atoms with Crippen LogP contribution in [0.1, 0.15) is 23.6 Å². The molecule has 3 aromatic rings. The minimum absolute atomic E-state index is 0.0306. The van der Waals surface area contributed by atoms with Crippen molar-refractivity contribution < 1.29 is 17.9 Å². The van der Waals surface area contributed by atoms with Gasteiger partial charge in [-0.1, -0.05) is 66.7 Å². The summed E-state index contributed by atoms with van der Waals surface area (Å²) in [4.78, 5) is 0. The molecule has 31 heavy (non-hydrogen) atoms. The van der Waals surface area contributed by atoms with E-state index < -0.39 is 15.4 Å². The lowest BCUT2D eigenvalue weighted by Crippen LogP contribution is -2.46. The van der Waals surface area contributed by atoms with E-state index in [9.17, 15) is 8.42 Å². The second-order valence-corrected chi connectivity index (χ2v) is 9.60. The molecule has 0 amide bonds. The van der Waals surface area contributed by atoms with E-state index in [4.69, 9.17) is 9.47 Å². The lowest BCUT2D eigenvalue weighted by Gasteiger charge is -2.37. The fraction of sp³-hybridized carbons (Fsp3) is 0.280. The number of nitrogens with one attached hydrogen (secondary N) is 1. The van der Waals surface area contributed by atoms with Crippen LogP contribution in [-0.4, -0.2) is 40.7 Å². The van der Waals surface area contributed by atoms with Crippen molar-refractivity contribution in [1.82, 2.24) is 5.32 Å². The number of methoxy groups -OCH3 is 1. The molecule has 0 spiro atoms. The highest BCUT2D eigenvalue weighted by atomic mass is 32.2. The Balaban J connectivity index is 2.25. The van der Waals surface area contributed by atoms with Crippen molar-refractivity contribution in [2.75, 3.05) is 32.3 Å². The minimum atomic E-state index is -3.13. The number of ether oxygens (including phenoxy) is 2. The summed E-state index contributed by atoms with van der Waals surface area (Å²) in [6.07, 6.45) is 1.25. The first-order chi connectivity index (χ1) is 14.9. The Morgan fingerprint density at radius 2 is 1.42 bits per heavy atom. The van der Waals surface area contributed by atoms with E-state index in [0.29, 0.717) is 24.7 Å². The van der Waals surface area contributed by atoms with Gasteiger partial charge in [-0.05, 0) is 35.7 Å². The maximum Gasteiger partial charge on any atom is 0.161 e. The van der Waals surface area contributed by atoms with Crippen LogP contribution < -0.4 is 14.8 Å². The van der Waals surface area contributed by atoms with E-state index in [1.54, 1.807) is 7.11 Å². The molecule has 0 atom stereocenters. The summed E-state index contributed by atoms with van der Waals surface area (Å²) in [5, 5.41) is 3.57. The molecule has 3 aromatic carbocycles. The molecule has 0 fully saturated rings. The van der Waals surface area contributed by atoms with Gasteiger partial charge in [0.15, 0.2) is 11.5 Å². The molecule has 0 aliphatic heterocycles. The van der Waals surface area contributed by atoms with Crippen molar-refractivity contribution in [3.63, 3.8) is 0 Å². The molecule has 0 heterocycles. The van der Waals surface area contributed by atoms with Crippen LogP contribution in [0.5, 0.6) is 11.5 Å². The lowest BCUT2D eigenvalue weighted by atomic mass is 9.77. The first-order valence-electron chi connectivity index (χ1n) is 10.3. The molecule has 0 aromatic heterocycles. The summed E-state index contributed by atoms with van der Waals surface area (Å²) in [6.45, 7) is 2.72. The Hall–Kier alpha value is -2.83. The number of benzene rings is 3. The summed E-state index contributed by atoms with van der Waals surface area (Å²) in [7, 11) is -1.51. The van der Waals surface area contributed by atoms with E-state index >= 15 is 0 Å². The summed E-state index contributed by atoms with van der Waals surface area (Å²) in [5.41, 5.74) is 2.16. The van der Waals surface area contributed by atoms with Crippen molar-refractivity contribution in [2.45, 2.75) is 12.5 Å². The molecule has 0 aliphatic rings. The Labute approximate surface area is 185 Å². The highest BCUT2D eigenvalue weighted by Crippen LogP contribution is 2.40. The Morgan fingerprint density at radius 1 is 0.839 bits per heavy atom. The Kier molecular flexibility index (Phi) is 7.36. The monoisotopic (exact) mass is 439 g/mol. The highest BCUT2D eigenvalue weighted by molar-refractivity contribution is 7.90. The predicted molar refractivity (Wildman–Crippen MR) is 125 cm³/mol. The largest absolute Gasteiger partial charge is 0.493 e. The zero-order chi connectivity index (χ0) is 22.3. The lowest BCUT2D eigenvalue weighted by molar-refractivity contribution is 0.309. The van der Waals surface area contributed by atoms with E-state index in [1.165, 1.54) is 6.26 Å². The first kappa shape index (κ1) is 22.8. The second kappa shape index (κ2) is 9.98. The van der Waals surface area contributed by atoms with Gasteiger partial charge >= 0.3 is 0 Å². The van der Waals surface area contributed by atoms with Crippen LogP contribution in [0.25, 0.3) is 0 Å². The molecule has 0 saturated carbocycles. The first-order valence-corrected chi connectivity index (χ1v) is 12.3. The van der Waals surface area contributed by atoms with Crippen LogP contribution in [0.15, 0.2) is 78.9 Å². The summed E-state index contributed by atoms with van der Waals surface area (Å²) < 4.78 is 35.1. The average molecular weight is 440 g/mol. The van der Waals surface area contributed by atoms with Gasteiger partial charge in [-0.25, -0.2) is 8.42 Å². The molecular weight excluding hydrogens is 410 g/mol. The maximum absolute atomic E-state index is 11.9. The highest BCUT2D eigenvalue weighted by Gasteiger charge is 2.36. The summed E-state index contributed by atoms with van der Waals surface area (Å²) >= 11 is 0. The molecule has 1 N–H and O–H groups in total. The van der Waals surface area contributed by atoms with Crippen molar-refractivity contribution >= 4 is 9.84 Å². The van der Waals surface area contributed by atoms with Crippen molar-refractivity contribution in [1.29, 1.82) is 0 Å². The van der Waals surface area contributed by atoms with E-state index in [2.05, 4.69) is 5.32 Å².